The summed E-state index contributed by atoms with van der Waals surface area (Å²) in [6, 6.07) is 11.6. The predicted molar refractivity (Wildman–Crippen MR) is 75.4 cm³/mol. The third-order valence-electron chi connectivity index (χ3n) is 3.53. The molecule has 0 amide bonds. The largest absolute Gasteiger partial charge is 0.484 e. The monoisotopic (exact) mass is 295 g/mol. The van der Waals surface area contributed by atoms with Crippen LogP contribution in [0.15, 0.2) is 36.4 Å². The first kappa shape index (κ1) is 14.2. The van der Waals surface area contributed by atoms with Crippen LogP contribution in [0, 0.1) is 0 Å². The zero-order valence-electron chi connectivity index (χ0n) is 11.4. The van der Waals surface area contributed by atoms with Gasteiger partial charge in [0, 0.05) is 18.2 Å². The van der Waals surface area contributed by atoms with Gasteiger partial charge in [-0.25, -0.2) is 0 Å². The molecule has 2 nitrogen and oxygen atoms in total. The Balaban J connectivity index is 1.90. The van der Waals surface area contributed by atoms with Crippen LogP contribution in [0.2, 0.25) is 0 Å². The quantitative estimate of drug-likeness (QED) is 0.899. The van der Waals surface area contributed by atoms with Crippen LogP contribution in [0.1, 0.15) is 18.4 Å². The summed E-state index contributed by atoms with van der Waals surface area (Å²) in [6.07, 6.45) is -2.07. The third kappa shape index (κ3) is 3.67. The van der Waals surface area contributed by atoms with E-state index in [1.54, 1.807) is 12.1 Å². The lowest BCUT2D eigenvalue weighted by Gasteiger charge is -2.16. The molecule has 0 spiro atoms. The molecule has 0 heterocycles. The van der Waals surface area contributed by atoms with Gasteiger partial charge in [0.1, 0.15) is 5.75 Å². The van der Waals surface area contributed by atoms with E-state index in [4.69, 9.17) is 4.74 Å². The Bertz CT molecular complexity index is 635. The molecule has 0 aliphatic heterocycles. The van der Waals surface area contributed by atoms with Gasteiger partial charge < -0.3 is 10.1 Å². The lowest BCUT2D eigenvalue weighted by atomic mass is 10.0. The summed E-state index contributed by atoms with van der Waals surface area (Å²) in [4.78, 5) is 0. The van der Waals surface area contributed by atoms with Crippen molar-refractivity contribution in [2.45, 2.75) is 31.6 Å². The summed E-state index contributed by atoms with van der Waals surface area (Å²) in [7, 11) is 0. The van der Waals surface area contributed by atoms with Crippen molar-refractivity contribution in [2.75, 3.05) is 6.61 Å². The Labute approximate surface area is 120 Å². The fraction of sp³-hybridized carbons (Fsp3) is 0.375. The van der Waals surface area contributed by atoms with Crippen molar-refractivity contribution in [2.24, 2.45) is 0 Å². The molecule has 0 saturated heterocycles. The van der Waals surface area contributed by atoms with E-state index in [9.17, 15) is 13.2 Å². The van der Waals surface area contributed by atoms with E-state index in [2.05, 4.69) is 5.32 Å². The molecule has 21 heavy (non-hydrogen) atoms. The zero-order valence-corrected chi connectivity index (χ0v) is 11.4. The van der Waals surface area contributed by atoms with Crippen LogP contribution >= 0.6 is 0 Å². The van der Waals surface area contributed by atoms with Crippen molar-refractivity contribution in [3.8, 4) is 5.75 Å². The van der Waals surface area contributed by atoms with Crippen LogP contribution in [0.5, 0.6) is 5.75 Å². The van der Waals surface area contributed by atoms with Gasteiger partial charge in [-0.2, -0.15) is 13.2 Å². The standard InChI is InChI=1S/C16H16F3NO/c17-16(18,19)10-21-15-8-5-11-3-1-2-4-13(11)14(15)9-20-12-6-7-12/h1-5,8,12,20H,6-7,9-10H2. The number of ether oxygens (including phenoxy) is 1. The van der Waals surface area contributed by atoms with Crippen LogP contribution < -0.4 is 10.1 Å². The molecule has 1 aliphatic rings. The summed E-state index contributed by atoms with van der Waals surface area (Å²) in [6.45, 7) is -0.735. The second-order valence-corrected chi connectivity index (χ2v) is 5.32. The third-order valence-corrected chi connectivity index (χ3v) is 3.53. The topological polar surface area (TPSA) is 21.3 Å². The molecular weight excluding hydrogens is 279 g/mol. The van der Waals surface area contributed by atoms with Crippen LogP contribution in [0.25, 0.3) is 10.8 Å². The van der Waals surface area contributed by atoms with E-state index in [0.29, 0.717) is 18.3 Å². The SMILES string of the molecule is FC(F)(F)COc1ccc2ccccc2c1CNC1CC1. The maximum Gasteiger partial charge on any atom is 0.422 e. The lowest BCUT2D eigenvalue weighted by Crippen LogP contribution is -2.21. The Kier molecular flexibility index (Phi) is 3.76. The maximum atomic E-state index is 12.4. The summed E-state index contributed by atoms with van der Waals surface area (Å²) >= 11 is 0. The minimum atomic E-state index is -4.33. The molecule has 0 bridgehead atoms. The van der Waals surface area contributed by atoms with Crippen LogP contribution in [-0.2, 0) is 6.54 Å². The first-order valence-electron chi connectivity index (χ1n) is 6.96. The number of alkyl halides is 3. The van der Waals surface area contributed by atoms with Gasteiger partial charge in [0.2, 0.25) is 0 Å². The first-order chi connectivity index (χ1) is 10.0. The number of benzene rings is 2. The predicted octanol–water partition coefficient (Wildman–Crippen LogP) is 4.03. The fourth-order valence-corrected chi connectivity index (χ4v) is 2.33. The highest BCUT2D eigenvalue weighted by atomic mass is 19.4. The minimum absolute atomic E-state index is 0.305. The Morgan fingerprint density at radius 1 is 1.10 bits per heavy atom. The van der Waals surface area contributed by atoms with Gasteiger partial charge in [-0.15, -0.1) is 0 Å². The van der Waals surface area contributed by atoms with Crippen molar-refractivity contribution >= 4 is 10.8 Å². The number of fused-ring (bicyclic) bond motifs is 1. The van der Waals surface area contributed by atoms with Crippen LogP contribution in [0.4, 0.5) is 13.2 Å². The molecule has 2 aromatic carbocycles. The highest BCUT2D eigenvalue weighted by Crippen LogP contribution is 2.30. The molecule has 1 saturated carbocycles. The highest BCUT2D eigenvalue weighted by molar-refractivity contribution is 5.87. The molecule has 2 aromatic rings. The fourth-order valence-electron chi connectivity index (χ4n) is 2.33. The summed E-state index contributed by atoms with van der Waals surface area (Å²) < 4.78 is 42.1. The molecule has 5 heteroatoms. The normalized spacial score (nSPS) is 15.4. The van der Waals surface area contributed by atoms with Crippen molar-refractivity contribution in [1.29, 1.82) is 0 Å². The van der Waals surface area contributed by atoms with E-state index in [0.717, 1.165) is 29.2 Å². The van der Waals surface area contributed by atoms with Gasteiger partial charge in [0.15, 0.2) is 6.61 Å². The van der Waals surface area contributed by atoms with Crippen LogP contribution in [0.3, 0.4) is 0 Å². The molecule has 0 unspecified atom stereocenters. The van der Waals surface area contributed by atoms with E-state index in [-0.39, 0.29) is 0 Å². The number of rotatable bonds is 5. The van der Waals surface area contributed by atoms with Gasteiger partial charge in [-0.1, -0.05) is 30.3 Å². The number of halogens is 3. The van der Waals surface area contributed by atoms with Gasteiger partial charge in [0.05, 0.1) is 0 Å². The summed E-state index contributed by atoms with van der Waals surface area (Å²) in [5.74, 6) is 0.305. The smallest absolute Gasteiger partial charge is 0.422 e. The number of hydrogen-bond donors (Lipinski definition) is 1. The average molecular weight is 295 g/mol. The zero-order chi connectivity index (χ0) is 14.9. The Morgan fingerprint density at radius 2 is 1.86 bits per heavy atom. The molecule has 0 aromatic heterocycles. The van der Waals surface area contributed by atoms with E-state index in [1.165, 1.54) is 0 Å². The molecule has 3 rings (SSSR count). The van der Waals surface area contributed by atoms with Crippen LogP contribution in [-0.4, -0.2) is 18.8 Å². The second-order valence-electron chi connectivity index (χ2n) is 5.32. The van der Waals surface area contributed by atoms with Crippen molar-refractivity contribution in [3.05, 3.63) is 42.0 Å². The Hall–Kier alpha value is -1.75. The van der Waals surface area contributed by atoms with E-state index in [1.807, 2.05) is 24.3 Å². The van der Waals surface area contributed by atoms with Crippen molar-refractivity contribution < 1.29 is 17.9 Å². The van der Waals surface area contributed by atoms with Gasteiger partial charge in [-0.3, -0.25) is 0 Å². The lowest BCUT2D eigenvalue weighted by molar-refractivity contribution is -0.153. The van der Waals surface area contributed by atoms with Crippen molar-refractivity contribution in [3.63, 3.8) is 0 Å². The van der Waals surface area contributed by atoms with E-state index < -0.39 is 12.8 Å². The molecule has 0 radical (unpaired) electrons. The molecule has 112 valence electrons. The summed E-state index contributed by atoms with van der Waals surface area (Å²) in [5, 5.41) is 5.28. The molecule has 1 N–H and O–H groups in total. The minimum Gasteiger partial charge on any atom is -0.484 e. The number of nitrogens with one attached hydrogen (secondary N) is 1. The average Bonchev–Trinajstić information content (AvgIpc) is 3.26. The highest BCUT2D eigenvalue weighted by Gasteiger charge is 2.29. The first-order valence-corrected chi connectivity index (χ1v) is 6.96. The summed E-state index contributed by atoms with van der Waals surface area (Å²) in [5.41, 5.74) is 0.796. The second kappa shape index (κ2) is 5.56. The molecule has 1 aliphatic carbocycles. The molecule has 0 atom stereocenters. The number of hydrogen-bond acceptors (Lipinski definition) is 2. The Morgan fingerprint density at radius 3 is 2.57 bits per heavy atom. The van der Waals surface area contributed by atoms with Crippen molar-refractivity contribution in [1.82, 2.24) is 5.32 Å². The molecular formula is C16H16F3NO. The molecule has 1 fully saturated rings. The maximum absolute atomic E-state index is 12.4. The van der Waals surface area contributed by atoms with E-state index >= 15 is 0 Å². The van der Waals surface area contributed by atoms with Gasteiger partial charge >= 0.3 is 6.18 Å². The van der Waals surface area contributed by atoms with Gasteiger partial charge in [-0.05, 0) is 29.7 Å². The van der Waals surface area contributed by atoms with Gasteiger partial charge in [0.25, 0.3) is 0 Å².